The zero-order chi connectivity index (χ0) is 7.28. The first-order valence-electron chi connectivity index (χ1n) is 3.45. The van der Waals surface area contributed by atoms with Crippen molar-refractivity contribution in [3.8, 4) is 0 Å². The molecule has 0 aliphatic heterocycles. The van der Waals surface area contributed by atoms with Crippen molar-refractivity contribution in [2.75, 3.05) is 6.26 Å². The fourth-order valence-electron chi connectivity index (χ4n) is 0.956. The molecule has 0 aromatic carbocycles. The van der Waals surface area contributed by atoms with Crippen LogP contribution in [0.1, 0.15) is 27.2 Å². The lowest BCUT2D eigenvalue weighted by Crippen LogP contribution is -2.20. The number of hydrogen-bond acceptors (Lipinski definition) is 2. The fourth-order valence-corrected chi connectivity index (χ4v) is 1.45. The number of rotatable bonds is 4. The van der Waals surface area contributed by atoms with Crippen LogP contribution in [0.15, 0.2) is 0 Å². The molecule has 0 unspecified atom stereocenters. The molecule has 0 heterocycles. The summed E-state index contributed by atoms with van der Waals surface area (Å²) in [6, 6.07) is 0.653. The topological polar surface area (TPSA) is 12.0 Å². The second-order valence-corrected chi connectivity index (χ2v) is 3.50. The van der Waals surface area contributed by atoms with E-state index < -0.39 is 0 Å². The minimum atomic E-state index is 0.653. The third kappa shape index (κ3) is 6.19. The van der Waals surface area contributed by atoms with Crippen LogP contribution in [-0.2, 0) is 0 Å². The molecule has 2 heteroatoms. The quantitative estimate of drug-likeness (QED) is 0.612. The van der Waals surface area contributed by atoms with Crippen molar-refractivity contribution in [2.45, 2.75) is 33.2 Å². The average molecular weight is 147 g/mol. The molecule has 1 N–H and O–H groups in total. The zero-order valence-corrected chi connectivity index (χ0v) is 7.59. The summed E-state index contributed by atoms with van der Waals surface area (Å²) in [7, 11) is 0. The Balaban J connectivity index is 3.15. The van der Waals surface area contributed by atoms with Crippen LogP contribution in [-0.4, -0.2) is 12.3 Å². The van der Waals surface area contributed by atoms with E-state index in [0.717, 1.165) is 5.92 Å². The summed E-state index contributed by atoms with van der Waals surface area (Å²) >= 11 is 1.70. The van der Waals surface area contributed by atoms with Gasteiger partial charge in [-0.3, -0.25) is 4.72 Å². The van der Waals surface area contributed by atoms with Gasteiger partial charge in [0.25, 0.3) is 0 Å². The molecule has 0 bridgehead atoms. The lowest BCUT2D eigenvalue weighted by molar-refractivity contribution is 0.502. The van der Waals surface area contributed by atoms with Gasteiger partial charge in [-0.1, -0.05) is 25.8 Å². The Morgan fingerprint density at radius 2 is 1.89 bits per heavy atom. The minimum absolute atomic E-state index is 0.653. The highest BCUT2D eigenvalue weighted by molar-refractivity contribution is 7.96. The molecular formula is C7H17NS. The van der Waals surface area contributed by atoms with Crippen molar-refractivity contribution in [2.24, 2.45) is 5.92 Å². The lowest BCUT2D eigenvalue weighted by Gasteiger charge is -2.12. The molecule has 0 aromatic heterocycles. The van der Waals surface area contributed by atoms with Crippen molar-refractivity contribution in [3.63, 3.8) is 0 Å². The summed E-state index contributed by atoms with van der Waals surface area (Å²) in [5, 5.41) is 0. The average Bonchev–Trinajstić information content (AvgIpc) is 1.63. The SMILES string of the molecule is CSN[C@@H](C)CC(C)C. The Hall–Kier alpha value is 0.310. The first-order chi connectivity index (χ1) is 4.16. The number of nitrogens with one attached hydrogen (secondary N) is 1. The summed E-state index contributed by atoms with van der Waals surface area (Å²) in [6.07, 6.45) is 3.33. The van der Waals surface area contributed by atoms with Gasteiger partial charge >= 0.3 is 0 Å². The first-order valence-corrected chi connectivity index (χ1v) is 4.67. The highest BCUT2D eigenvalue weighted by Gasteiger charge is 2.01. The Labute approximate surface area is 62.7 Å². The van der Waals surface area contributed by atoms with Gasteiger partial charge in [0, 0.05) is 6.04 Å². The van der Waals surface area contributed by atoms with E-state index in [-0.39, 0.29) is 0 Å². The van der Waals surface area contributed by atoms with Crippen LogP contribution < -0.4 is 4.72 Å². The van der Waals surface area contributed by atoms with Crippen LogP contribution >= 0.6 is 11.9 Å². The molecule has 1 atom stereocenters. The van der Waals surface area contributed by atoms with Crippen molar-refractivity contribution in [3.05, 3.63) is 0 Å². The normalized spacial score (nSPS) is 14.3. The van der Waals surface area contributed by atoms with Gasteiger partial charge in [0.2, 0.25) is 0 Å². The molecule has 0 aliphatic carbocycles. The van der Waals surface area contributed by atoms with E-state index in [1.165, 1.54) is 6.42 Å². The molecule has 0 radical (unpaired) electrons. The highest BCUT2D eigenvalue weighted by atomic mass is 32.2. The summed E-state index contributed by atoms with van der Waals surface area (Å²) in [5.41, 5.74) is 0. The van der Waals surface area contributed by atoms with Gasteiger partial charge in [-0.25, -0.2) is 0 Å². The maximum absolute atomic E-state index is 3.29. The van der Waals surface area contributed by atoms with E-state index in [9.17, 15) is 0 Å². The van der Waals surface area contributed by atoms with E-state index in [4.69, 9.17) is 0 Å². The molecule has 9 heavy (non-hydrogen) atoms. The summed E-state index contributed by atoms with van der Waals surface area (Å²) < 4.78 is 3.29. The first kappa shape index (κ1) is 9.31. The van der Waals surface area contributed by atoms with Crippen molar-refractivity contribution >= 4 is 11.9 Å². The lowest BCUT2D eigenvalue weighted by atomic mass is 10.1. The van der Waals surface area contributed by atoms with Gasteiger partial charge in [-0.05, 0) is 25.5 Å². The third-order valence-corrected chi connectivity index (χ3v) is 1.78. The van der Waals surface area contributed by atoms with Crippen molar-refractivity contribution < 1.29 is 0 Å². The highest BCUT2D eigenvalue weighted by Crippen LogP contribution is 2.05. The second kappa shape index (κ2) is 5.12. The summed E-state index contributed by atoms with van der Waals surface area (Å²) in [6.45, 7) is 6.72. The van der Waals surface area contributed by atoms with Gasteiger partial charge in [0.1, 0.15) is 0 Å². The standard InChI is InChI=1S/C7H17NS/c1-6(2)5-7(3)8-9-4/h6-8H,5H2,1-4H3/t7-/m0/s1. The Morgan fingerprint density at radius 3 is 2.22 bits per heavy atom. The minimum Gasteiger partial charge on any atom is -0.262 e. The van der Waals surface area contributed by atoms with Crippen LogP contribution in [0.2, 0.25) is 0 Å². The monoisotopic (exact) mass is 147 g/mol. The van der Waals surface area contributed by atoms with Crippen LogP contribution in [0, 0.1) is 5.92 Å². The Morgan fingerprint density at radius 1 is 1.33 bits per heavy atom. The van der Waals surface area contributed by atoms with E-state index in [1.54, 1.807) is 11.9 Å². The fraction of sp³-hybridized carbons (Fsp3) is 1.00. The Kier molecular flexibility index (Phi) is 5.30. The molecular weight excluding hydrogens is 130 g/mol. The van der Waals surface area contributed by atoms with E-state index in [2.05, 4.69) is 31.7 Å². The molecule has 0 spiro atoms. The second-order valence-electron chi connectivity index (χ2n) is 2.85. The van der Waals surface area contributed by atoms with Gasteiger partial charge < -0.3 is 0 Å². The van der Waals surface area contributed by atoms with Crippen molar-refractivity contribution in [1.82, 2.24) is 4.72 Å². The Bertz CT molecular complexity index is 63.9. The maximum atomic E-state index is 3.29. The van der Waals surface area contributed by atoms with E-state index >= 15 is 0 Å². The van der Waals surface area contributed by atoms with Crippen LogP contribution in [0.3, 0.4) is 0 Å². The molecule has 0 aromatic rings. The summed E-state index contributed by atoms with van der Waals surface area (Å²) in [5.74, 6) is 0.805. The molecule has 0 aliphatic rings. The molecule has 0 rings (SSSR count). The maximum Gasteiger partial charge on any atom is 0.0145 e. The van der Waals surface area contributed by atoms with E-state index in [0.29, 0.717) is 6.04 Å². The molecule has 0 amide bonds. The summed E-state index contributed by atoms with van der Waals surface area (Å²) in [4.78, 5) is 0. The molecule has 0 saturated carbocycles. The molecule has 0 fully saturated rings. The van der Waals surface area contributed by atoms with E-state index in [1.807, 2.05) is 0 Å². The van der Waals surface area contributed by atoms with Crippen LogP contribution in [0.4, 0.5) is 0 Å². The predicted molar refractivity (Wildman–Crippen MR) is 45.6 cm³/mol. The predicted octanol–water partition coefficient (Wildman–Crippen LogP) is 2.29. The molecule has 56 valence electrons. The molecule has 1 nitrogen and oxygen atoms in total. The number of hydrogen-bond donors (Lipinski definition) is 1. The largest absolute Gasteiger partial charge is 0.262 e. The smallest absolute Gasteiger partial charge is 0.0145 e. The van der Waals surface area contributed by atoms with Crippen LogP contribution in [0.25, 0.3) is 0 Å². The van der Waals surface area contributed by atoms with Gasteiger partial charge in [-0.2, -0.15) is 0 Å². The van der Waals surface area contributed by atoms with Crippen LogP contribution in [0.5, 0.6) is 0 Å². The van der Waals surface area contributed by atoms with Gasteiger partial charge in [0.05, 0.1) is 0 Å². The zero-order valence-electron chi connectivity index (χ0n) is 6.77. The van der Waals surface area contributed by atoms with Gasteiger partial charge in [0.15, 0.2) is 0 Å². The van der Waals surface area contributed by atoms with Crippen molar-refractivity contribution in [1.29, 1.82) is 0 Å². The third-order valence-electron chi connectivity index (χ3n) is 1.14. The molecule has 0 saturated heterocycles. The van der Waals surface area contributed by atoms with Gasteiger partial charge in [-0.15, -0.1) is 0 Å².